The van der Waals surface area contributed by atoms with Crippen molar-refractivity contribution in [2.45, 2.75) is 11.0 Å². The van der Waals surface area contributed by atoms with E-state index < -0.39 is 16.6 Å². The van der Waals surface area contributed by atoms with E-state index in [4.69, 9.17) is 0 Å². The molecule has 0 fully saturated rings. The predicted molar refractivity (Wildman–Crippen MR) is 76.3 cm³/mol. The molecule has 0 spiro atoms. The molecule has 2 aromatic carbocycles. The summed E-state index contributed by atoms with van der Waals surface area (Å²) < 4.78 is 51.4. The van der Waals surface area contributed by atoms with Crippen LogP contribution in [0.2, 0.25) is 0 Å². The molecule has 6 heteroatoms. The minimum atomic E-state index is -4.43. The lowest BCUT2D eigenvalue weighted by Gasteiger charge is -2.15. The van der Waals surface area contributed by atoms with Gasteiger partial charge in [-0.1, -0.05) is 50.1 Å². The number of hydrogen-bond donors (Lipinski definition) is 0. The lowest BCUT2D eigenvalue weighted by Crippen LogP contribution is -2.07. The molecule has 0 heterocycles. The number of halogens is 6. The number of alkyl halides is 4. The molecule has 106 valence electrons. The van der Waals surface area contributed by atoms with E-state index in [1.807, 2.05) is 0 Å². The van der Waals surface area contributed by atoms with Crippen molar-refractivity contribution in [3.8, 4) is 0 Å². The summed E-state index contributed by atoms with van der Waals surface area (Å²) in [5.74, 6) is -0.389. The molecule has 0 aliphatic heterocycles. The van der Waals surface area contributed by atoms with E-state index in [-0.39, 0.29) is 10.3 Å². The van der Waals surface area contributed by atoms with E-state index in [0.717, 1.165) is 6.07 Å². The van der Waals surface area contributed by atoms with Crippen LogP contribution in [-0.2, 0) is 6.18 Å². The highest BCUT2D eigenvalue weighted by atomic mass is 79.9. The monoisotopic (exact) mass is 410 g/mol. The minimum Gasteiger partial charge on any atom is -0.207 e. The average molecular weight is 412 g/mol. The lowest BCUT2D eigenvalue weighted by atomic mass is 10.0. The first-order valence-corrected chi connectivity index (χ1v) is 7.26. The Morgan fingerprint density at radius 3 is 2.00 bits per heavy atom. The van der Waals surface area contributed by atoms with E-state index in [2.05, 4.69) is 31.9 Å². The topological polar surface area (TPSA) is 0 Å². The Kier molecular flexibility index (Phi) is 4.54. The summed E-state index contributed by atoms with van der Waals surface area (Å²) in [6.45, 7) is 0. The second-order valence-corrected chi connectivity index (χ2v) is 5.92. The number of hydrogen-bond acceptors (Lipinski definition) is 0. The maximum Gasteiger partial charge on any atom is 0.417 e. The summed E-state index contributed by atoms with van der Waals surface area (Å²) >= 11 is 6.24. The maximum atomic E-state index is 12.9. The number of benzene rings is 2. The molecule has 1 unspecified atom stereocenters. The zero-order valence-corrected chi connectivity index (χ0v) is 13.1. The second kappa shape index (κ2) is 5.85. The van der Waals surface area contributed by atoms with Gasteiger partial charge in [0.1, 0.15) is 5.82 Å². The summed E-state index contributed by atoms with van der Waals surface area (Å²) in [4.78, 5) is -0.433. The fraction of sp³-hybridized carbons (Fsp3) is 0.143. The van der Waals surface area contributed by atoms with Gasteiger partial charge >= 0.3 is 6.18 Å². The minimum absolute atomic E-state index is 0.00689. The van der Waals surface area contributed by atoms with Gasteiger partial charge in [-0.2, -0.15) is 13.2 Å². The molecule has 0 aromatic heterocycles. The van der Waals surface area contributed by atoms with Crippen molar-refractivity contribution in [3.63, 3.8) is 0 Å². The third-order valence-corrected chi connectivity index (χ3v) is 4.50. The van der Waals surface area contributed by atoms with Crippen molar-refractivity contribution in [1.82, 2.24) is 0 Å². The summed E-state index contributed by atoms with van der Waals surface area (Å²) in [7, 11) is 0. The summed E-state index contributed by atoms with van der Waals surface area (Å²) in [5.41, 5.74) is 0.399. The Morgan fingerprint density at radius 2 is 1.45 bits per heavy atom. The van der Waals surface area contributed by atoms with Crippen molar-refractivity contribution in [3.05, 3.63) is 69.4 Å². The van der Waals surface area contributed by atoms with E-state index in [0.29, 0.717) is 11.1 Å². The molecule has 20 heavy (non-hydrogen) atoms. The molecule has 0 N–H and O–H groups in total. The predicted octanol–water partition coefficient (Wildman–Crippen LogP) is 6.09. The molecule has 1 atom stereocenters. The van der Waals surface area contributed by atoms with Crippen LogP contribution in [0.25, 0.3) is 0 Å². The third-order valence-electron chi connectivity index (χ3n) is 2.75. The van der Waals surface area contributed by atoms with Crippen molar-refractivity contribution in [2.75, 3.05) is 0 Å². The molecule has 0 bridgehead atoms. The second-order valence-electron chi connectivity index (χ2n) is 4.15. The largest absolute Gasteiger partial charge is 0.417 e. The Balaban J connectivity index is 2.40. The van der Waals surface area contributed by atoms with Crippen LogP contribution < -0.4 is 0 Å². The van der Waals surface area contributed by atoms with Crippen LogP contribution >= 0.6 is 31.9 Å². The van der Waals surface area contributed by atoms with E-state index in [9.17, 15) is 17.6 Å². The van der Waals surface area contributed by atoms with Crippen LogP contribution in [0.15, 0.2) is 46.9 Å². The molecular formula is C14H8Br2F4. The fourth-order valence-electron chi connectivity index (χ4n) is 1.74. The lowest BCUT2D eigenvalue weighted by molar-refractivity contribution is -0.138. The van der Waals surface area contributed by atoms with E-state index in [1.165, 1.54) is 30.3 Å². The molecule has 0 amide bonds. The zero-order valence-electron chi connectivity index (χ0n) is 9.89. The molecule has 0 saturated carbocycles. The van der Waals surface area contributed by atoms with Gasteiger partial charge in [0.2, 0.25) is 0 Å². The highest BCUT2D eigenvalue weighted by molar-refractivity contribution is 9.10. The van der Waals surface area contributed by atoms with Gasteiger partial charge in [-0.3, -0.25) is 0 Å². The van der Waals surface area contributed by atoms with Crippen LogP contribution in [0.4, 0.5) is 17.6 Å². The zero-order chi connectivity index (χ0) is 14.9. The quantitative estimate of drug-likeness (QED) is 0.414. The molecule has 0 saturated heterocycles. The van der Waals surface area contributed by atoms with Crippen LogP contribution in [-0.4, -0.2) is 0 Å². The number of rotatable bonds is 2. The molecule has 0 aliphatic rings. The van der Waals surface area contributed by atoms with Gasteiger partial charge in [-0.15, -0.1) is 0 Å². The van der Waals surface area contributed by atoms with Gasteiger partial charge in [-0.05, 0) is 35.4 Å². The molecular weight excluding hydrogens is 404 g/mol. The highest BCUT2D eigenvalue weighted by Crippen LogP contribution is 2.39. The third kappa shape index (κ3) is 3.41. The van der Waals surface area contributed by atoms with E-state index >= 15 is 0 Å². The first-order chi connectivity index (χ1) is 9.29. The average Bonchev–Trinajstić information content (AvgIpc) is 2.38. The van der Waals surface area contributed by atoms with Gasteiger partial charge in [0.15, 0.2) is 0 Å². The summed E-state index contributed by atoms with van der Waals surface area (Å²) in [6, 6.07) is 9.62. The van der Waals surface area contributed by atoms with Crippen LogP contribution in [0.3, 0.4) is 0 Å². The maximum absolute atomic E-state index is 12.9. The SMILES string of the molecule is Fc1ccc(C(Br)c2ccc(Br)c(C(F)(F)F)c2)cc1. The summed E-state index contributed by atoms with van der Waals surface area (Å²) in [5, 5.41) is 0. The van der Waals surface area contributed by atoms with Crippen molar-refractivity contribution < 1.29 is 17.6 Å². The Bertz CT molecular complexity index is 606. The van der Waals surface area contributed by atoms with Gasteiger partial charge in [0.25, 0.3) is 0 Å². The molecule has 0 nitrogen and oxygen atoms in total. The van der Waals surface area contributed by atoms with Gasteiger partial charge in [0.05, 0.1) is 10.4 Å². The normalized spacial score (nSPS) is 13.3. The van der Waals surface area contributed by atoms with Crippen molar-refractivity contribution >= 4 is 31.9 Å². The fourth-order valence-corrected chi connectivity index (χ4v) is 2.80. The summed E-state index contributed by atoms with van der Waals surface area (Å²) in [6.07, 6.45) is -4.43. The van der Waals surface area contributed by atoms with Gasteiger partial charge < -0.3 is 0 Å². The smallest absolute Gasteiger partial charge is 0.207 e. The van der Waals surface area contributed by atoms with Crippen LogP contribution in [0, 0.1) is 5.82 Å². The molecule has 0 radical (unpaired) electrons. The highest BCUT2D eigenvalue weighted by Gasteiger charge is 2.33. The Morgan fingerprint density at radius 1 is 0.900 bits per heavy atom. The van der Waals surface area contributed by atoms with E-state index in [1.54, 1.807) is 6.07 Å². The van der Waals surface area contributed by atoms with Crippen molar-refractivity contribution in [2.24, 2.45) is 0 Å². The molecule has 2 rings (SSSR count). The van der Waals surface area contributed by atoms with Crippen LogP contribution in [0.5, 0.6) is 0 Å². The van der Waals surface area contributed by atoms with Crippen LogP contribution in [0.1, 0.15) is 21.5 Å². The molecule has 0 aliphatic carbocycles. The van der Waals surface area contributed by atoms with Crippen molar-refractivity contribution in [1.29, 1.82) is 0 Å². The van der Waals surface area contributed by atoms with Gasteiger partial charge in [0, 0.05) is 4.47 Å². The Hall–Kier alpha value is -0.880. The standard InChI is InChI=1S/C14H8Br2F4/c15-12-6-3-9(7-11(12)14(18,19)20)13(16)8-1-4-10(17)5-2-8/h1-7,13H. The van der Waals surface area contributed by atoms with Gasteiger partial charge in [-0.25, -0.2) is 4.39 Å². The first kappa shape index (κ1) is 15.5. The Labute approximate surface area is 130 Å². The first-order valence-electron chi connectivity index (χ1n) is 5.55. The molecule has 2 aromatic rings.